The van der Waals surface area contributed by atoms with Crippen LogP contribution in [-0.4, -0.2) is 20.6 Å². The van der Waals surface area contributed by atoms with Gasteiger partial charge in [0.1, 0.15) is 17.2 Å². The Morgan fingerprint density at radius 1 is 1.28 bits per heavy atom. The van der Waals surface area contributed by atoms with Crippen molar-refractivity contribution in [2.24, 2.45) is 0 Å². The highest BCUT2D eigenvalue weighted by molar-refractivity contribution is 7.18. The molecule has 0 amide bonds. The number of halogens is 1. The van der Waals surface area contributed by atoms with Crippen LogP contribution in [0.15, 0.2) is 29.1 Å². The van der Waals surface area contributed by atoms with E-state index in [1.165, 1.54) is 9.44 Å². The summed E-state index contributed by atoms with van der Waals surface area (Å²) >= 11 is 7.48. The Morgan fingerprint density at radius 3 is 2.76 bits per heavy atom. The second-order valence-corrected chi connectivity index (χ2v) is 7.67. The molecule has 0 atom stereocenters. The van der Waals surface area contributed by atoms with E-state index in [0.29, 0.717) is 22.7 Å². The van der Waals surface area contributed by atoms with Crippen molar-refractivity contribution in [1.82, 2.24) is 9.55 Å². The van der Waals surface area contributed by atoms with E-state index in [2.05, 4.69) is 4.98 Å². The fraction of sp³-hybridized carbons (Fsp3) is 0.278. The molecule has 1 N–H and O–H groups in total. The monoisotopic (exact) mass is 374 g/mol. The van der Waals surface area contributed by atoms with Crippen LogP contribution in [0.3, 0.4) is 0 Å². The Morgan fingerprint density at radius 2 is 2.04 bits per heavy atom. The van der Waals surface area contributed by atoms with Gasteiger partial charge in [-0.15, -0.1) is 11.3 Å². The standard InChI is InChI=1S/C18H15ClN2O3S/c19-11-6-4-10(5-7-11)8-14-20-17-16(12-2-1-3-13(12)25-17)18(24)21(14)9-15(22)23/h4-7H,1-3,8-9H2,(H,22,23). The maximum absolute atomic E-state index is 13.0. The number of hydrogen-bond acceptors (Lipinski definition) is 4. The SMILES string of the molecule is O=C(O)Cn1c(Cc2ccc(Cl)cc2)nc2sc3c(c2c1=O)CCC3. The van der Waals surface area contributed by atoms with Crippen molar-refractivity contribution in [3.8, 4) is 0 Å². The molecule has 0 radical (unpaired) electrons. The van der Waals surface area contributed by atoms with E-state index in [1.54, 1.807) is 23.5 Å². The van der Waals surface area contributed by atoms with Crippen molar-refractivity contribution in [3.05, 3.63) is 61.5 Å². The molecule has 1 aliphatic rings. The molecule has 0 fully saturated rings. The maximum Gasteiger partial charge on any atom is 0.323 e. The minimum Gasteiger partial charge on any atom is -0.480 e. The molecule has 0 unspecified atom stereocenters. The summed E-state index contributed by atoms with van der Waals surface area (Å²) in [5.41, 5.74) is 1.75. The van der Waals surface area contributed by atoms with Crippen molar-refractivity contribution in [3.63, 3.8) is 0 Å². The predicted molar refractivity (Wildman–Crippen MR) is 97.8 cm³/mol. The minimum absolute atomic E-state index is 0.240. The quantitative estimate of drug-likeness (QED) is 0.760. The van der Waals surface area contributed by atoms with E-state index in [9.17, 15) is 14.7 Å². The number of carbonyl (C=O) groups is 1. The van der Waals surface area contributed by atoms with Gasteiger partial charge in [0.25, 0.3) is 5.56 Å². The smallest absolute Gasteiger partial charge is 0.323 e. The lowest BCUT2D eigenvalue weighted by atomic mass is 10.1. The molecule has 25 heavy (non-hydrogen) atoms. The average Bonchev–Trinajstić information content (AvgIpc) is 3.13. The summed E-state index contributed by atoms with van der Waals surface area (Å²) in [4.78, 5) is 30.9. The van der Waals surface area contributed by atoms with E-state index in [-0.39, 0.29) is 12.1 Å². The minimum atomic E-state index is -1.05. The Kier molecular flexibility index (Phi) is 4.09. The summed E-state index contributed by atoms with van der Waals surface area (Å²) in [7, 11) is 0. The first kappa shape index (κ1) is 16.3. The number of carboxylic acid groups (broad SMARTS) is 1. The van der Waals surface area contributed by atoms with E-state index in [0.717, 1.165) is 35.2 Å². The van der Waals surface area contributed by atoms with Gasteiger partial charge in [-0.25, -0.2) is 4.98 Å². The first-order chi connectivity index (χ1) is 12.0. The molecule has 0 saturated carbocycles. The van der Waals surface area contributed by atoms with Gasteiger partial charge in [0.05, 0.1) is 5.39 Å². The molecule has 7 heteroatoms. The molecule has 3 aromatic rings. The van der Waals surface area contributed by atoms with Crippen LogP contribution in [0.2, 0.25) is 5.02 Å². The molecule has 1 aliphatic carbocycles. The summed E-state index contributed by atoms with van der Waals surface area (Å²) in [6.07, 6.45) is 3.28. The van der Waals surface area contributed by atoms with E-state index >= 15 is 0 Å². The molecule has 0 saturated heterocycles. The van der Waals surface area contributed by atoms with Gasteiger partial charge in [0, 0.05) is 16.3 Å². The third-order valence-electron chi connectivity index (χ3n) is 4.47. The van der Waals surface area contributed by atoms with E-state index in [1.807, 2.05) is 12.1 Å². The molecule has 0 aliphatic heterocycles. The lowest BCUT2D eigenvalue weighted by Gasteiger charge is -2.11. The first-order valence-electron chi connectivity index (χ1n) is 8.03. The zero-order valence-electron chi connectivity index (χ0n) is 13.3. The summed E-state index contributed by atoms with van der Waals surface area (Å²) < 4.78 is 1.30. The van der Waals surface area contributed by atoms with Gasteiger partial charge in [0.15, 0.2) is 0 Å². The van der Waals surface area contributed by atoms with Crippen LogP contribution in [0.1, 0.15) is 28.2 Å². The van der Waals surface area contributed by atoms with Gasteiger partial charge in [-0.3, -0.25) is 14.2 Å². The molecule has 0 spiro atoms. The number of rotatable bonds is 4. The largest absolute Gasteiger partial charge is 0.480 e. The number of hydrogen-bond donors (Lipinski definition) is 1. The van der Waals surface area contributed by atoms with Crippen LogP contribution in [0.5, 0.6) is 0 Å². The number of carboxylic acids is 1. The van der Waals surface area contributed by atoms with Gasteiger partial charge in [-0.2, -0.15) is 0 Å². The van der Waals surface area contributed by atoms with Gasteiger partial charge < -0.3 is 5.11 Å². The van der Waals surface area contributed by atoms with Crippen molar-refractivity contribution >= 4 is 39.1 Å². The van der Waals surface area contributed by atoms with Crippen LogP contribution in [0, 0.1) is 0 Å². The third kappa shape index (κ3) is 2.96. The molecule has 2 aromatic heterocycles. The zero-order valence-corrected chi connectivity index (χ0v) is 14.9. The topological polar surface area (TPSA) is 72.2 Å². The molecular formula is C18H15ClN2O3S. The highest BCUT2D eigenvalue weighted by Gasteiger charge is 2.23. The van der Waals surface area contributed by atoms with Crippen LogP contribution in [-0.2, 0) is 30.6 Å². The molecule has 128 valence electrons. The molecule has 5 nitrogen and oxygen atoms in total. The molecule has 4 rings (SSSR count). The highest BCUT2D eigenvalue weighted by atomic mass is 35.5. The maximum atomic E-state index is 13.0. The lowest BCUT2D eigenvalue weighted by Crippen LogP contribution is -2.28. The predicted octanol–water partition coefficient (Wildman–Crippen LogP) is 3.28. The van der Waals surface area contributed by atoms with Gasteiger partial charge >= 0.3 is 5.97 Å². The van der Waals surface area contributed by atoms with Crippen LogP contribution < -0.4 is 5.56 Å². The Bertz CT molecular complexity index is 1040. The molecular weight excluding hydrogens is 360 g/mol. The van der Waals surface area contributed by atoms with Crippen LogP contribution in [0.4, 0.5) is 0 Å². The number of benzene rings is 1. The first-order valence-corrected chi connectivity index (χ1v) is 9.22. The number of fused-ring (bicyclic) bond motifs is 3. The van der Waals surface area contributed by atoms with E-state index < -0.39 is 5.97 Å². The van der Waals surface area contributed by atoms with Gasteiger partial charge in [-0.05, 0) is 42.5 Å². The van der Waals surface area contributed by atoms with Gasteiger partial charge in [-0.1, -0.05) is 23.7 Å². The van der Waals surface area contributed by atoms with Crippen molar-refractivity contribution in [2.45, 2.75) is 32.2 Å². The second-order valence-electron chi connectivity index (χ2n) is 6.15. The molecule has 0 bridgehead atoms. The zero-order chi connectivity index (χ0) is 17.6. The van der Waals surface area contributed by atoms with Crippen molar-refractivity contribution < 1.29 is 9.90 Å². The van der Waals surface area contributed by atoms with Crippen molar-refractivity contribution in [1.29, 1.82) is 0 Å². The Balaban J connectivity index is 1.88. The fourth-order valence-corrected chi connectivity index (χ4v) is 4.73. The molecule has 1 aromatic carbocycles. The second kappa shape index (κ2) is 6.28. The fourth-order valence-electron chi connectivity index (χ4n) is 3.34. The summed E-state index contributed by atoms with van der Waals surface area (Å²) in [6, 6.07) is 7.26. The highest BCUT2D eigenvalue weighted by Crippen LogP contribution is 2.34. The van der Waals surface area contributed by atoms with Crippen LogP contribution >= 0.6 is 22.9 Å². The Labute approximate surface area is 152 Å². The lowest BCUT2D eigenvalue weighted by molar-refractivity contribution is -0.137. The number of aromatic nitrogens is 2. The number of aryl methyl sites for hydroxylation is 2. The van der Waals surface area contributed by atoms with Crippen molar-refractivity contribution in [2.75, 3.05) is 0 Å². The number of aliphatic carboxylic acids is 1. The average molecular weight is 375 g/mol. The van der Waals surface area contributed by atoms with Gasteiger partial charge in [0.2, 0.25) is 0 Å². The summed E-state index contributed by atoms with van der Waals surface area (Å²) in [6.45, 7) is -0.380. The van der Waals surface area contributed by atoms with Crippen LogP contribution in [0.25, 0.3) is 10.2 Å². The summed E-state index contributed by atoms with van der Waals surface area (Å²) in [5.74, 6) is -0.574. The third-order valence-corrected chi connectivity index (χ3v) is 5.91. The summed E-state index contributed by atoms with van der Waals surface area (Å²) in [5, 5.41) is 10.5. The molecule has 2 heterocycles. The van der Waals surface area contributed by atoms with E-state index in [4.69, 9.17) is 11.6 Å². The Hall–Kier alpha value is -2.18. The normalized spacial score (nSPS) is 13.3. The number of nitrogens with zero attached hydrogens (tertiary/aromatic N) is 2. The number of thiophene rings is 1.